The first kappa shape index (κ1) is 64.9. The number of para-hydroxylation sites is 4. The first-order valence-electron chi connectivity index (χ1n) is 38.6. The van der Waals surface area contributed by atoms with Gasteiger partial charge >= 0.3 is 0 Å². The van der Waals surface area contributed by atoms with Crippen LogP contribution in [-0.2, 0) is 5.41 Å². The van der Waals surface area contributed by atoms with E-state index in [-0.39, 0.29) is 5.41 Å². The summed E-state index contributed by atoms with van der Waals surface area (Å²) in [6, 6.07) is 131. The lowest BCUT2D eigenvalue weighted by Gasteiger charge is -2.22. The lowest BCUT2D eigenvalue weighted by atomic mass is 9.82. The van der Waals surface area contributed by atoms with Crippen molar-refractivity contribution in [1.29, 1.82) is 0 Å². The quantitative estimate of drug-likeness (QED) is 0.152. The van der Waals surface area contributed by atoms with E-state index in [0.29, 0.717) is 5.82 Å². The molecule has 0 saturated heterocycles. The zero-order valence-corrected chi connectivity index (χ0v) is 63.3. The van der Waals surface area contributed by atoms with Crippen molar-refractivity contribution in [2.45, 2.75) is 19.3 Å². The Hall–Kier alpha value is -14.0. The molecule has 0 amide bonds. The Labute approximate surface area is 658 Å². The fourth-order valence-electron chi connectivity index (χ4n) is 18.4. The summed E-state index contributed by atoms with van der Waals surface area (Å²) < 4.78 is 10.2. The third-order valence-corrected chi connectivity index (χ3v) is 25.9. The van der Waals surface area contributed by atoms with Gasteiger partial charge in [-0.25, -0.2) is 19.9 Å². The SMILES string of the molecule is CC1(C)c2ccccc2-c2ccc(-c3nc(-c4cccc(-n5c6ccccc6c6c7sc8ccccc8c7c7ccccc7c65)c4)nc4ccccc34)cc21.c1ccc(-c2cc(-c3ccccc3)cc(-c3nc(-c4cccc(-n5c6ccccc6c6c7sc8ccccc8c7c7ccccc7c65)c4)nc4ccccc34)c2)cc1. The molecule has 0 N–H and O–H groups in total. The topological polar surface area (TPSA) is 61.4 Å². The maximum absolute atomic E-state index is 5.45. The highest BCUT2D eigenvalue weighted by atomic mass is 32.1. The van der Waals surface area contributed by atoms with Gasteiger partial charge in [0.1, 0.15) is 0 Å². The van der Waals surface area contributed by atoms with E-state index in [9.17, 15) is 0 Å². The third kappa shape index (κ3) is 10.2. The predicted molar refractivity (Wildman–Crippen MR) is 479 cm³/mol. The molecule has 0 spiro atoms. The summed E-state index contributed by atoms with van der Waals surface area (Å²) in [4.78, 5) is 21.3. The molecule has 6 nitrogen and oxygen atoms in total. The second-order valence-electron chi connectivity index (χ2n) is 30.2. The van der Waals surface area contributed by atoms with Crippen LogP contribution in [-0.4, -0.2) is 29.1 Å². The van der Waals surface area contributed by atoms with Crippen molar-refractivity contribution in [3.8, 4) is 90.0 Å². The highest BCUT2D eigenvalue weighted by molar-refractivity contribution is 7.27. The van der Waals surface area contributed by atoms with E-state index < -0.39 is 0 Å². The molecule has 0 fully saturated rings. The van der Waals surface area contributed by atoms with Crippen molar-refractivity contribution in [3.63, 3.8) is 0 Å². The van der Waals surface area contributed by atoms with Gasteiger partial charge in [-0.2, -0.15) is 0 Å². The highest BCUT2D eigenvalue weighted by Crippen LogP contribution is 2.53. The van der Waals surface area contributed by atoms with Crippen LogP contribution in [0.4, 0.5) is 0 Å². The van der Waals surface area contributed by atoms with E-state index in [1.54, 1.807) is 0 Å². The predicted octanol–water partition coefficient (Wildman–Crippen LogP) is 28.8. The summed E-state index contributed by atoms with van der Waals surface area (Å²) in [6.07, 6.45) is 0. The standard InChI is InChI=1S/C54H33N3S.C51H33N3S/c1-3-16-34(17-4-1)37-30-38(35-18-5-2-6-19-35)32-39(31-37)51-43-24-9-12-27-46(43)55-54(56-51)36-20-15-21-40(33-36)57-47-28-13-10-25-44(47)50-52(57)42-23-8-7-22-41(42)49-45-26-11-14-29-48(45)58-53(49)50;1-51(2)40-22-9-5-16-33(40)34-27-26-30(29-41(34)51)47-37-19-6-10-23-42(37)52-50(53-47)31-14-13-15-32(28-31)54-43-24-11-7-20-38(43)46-48(54)36-18-4-3-17-35(36)45-39-21-8-12-25-44(39)55-49(45)46/h1-33H;3-29H,1-2H3. The minimum atomic E-state index is -0.101. The van der Waals surface area contributed by atoms with Crippen LogP contribution in [0.1, 0.15) is 25.0 Å². The molecule has 0 aliphatic heterocycles. The summed E-state index contributed by atoms with van der Waals surface area (Å²) in [5, 5.41) is 17.6. The van der Waals surface area contributed by atoms with E-state index in [2.05, 4.69) is 387 Å². The maximum atomic E-state index is 5.45. The average molecular weight is 1480 g/mol. The van der Waals surface area contributed by atoms with Crippen molar-refractivity contribution in [3.05, 3.63) is 375 Å². The molecule has 8 heteroatoms. The normalized spacial score (nSPS) is 12.6. The first-order chi connectivity index (χ1) is 55.8. The molecule has 17 aromatic carbocycles. The summed E-state index contributed by atoms with van der Waals surface area (Å²) in [7, 11) is 0. The summed E-state index contributed by atoms with van der Waals surface area (Å²) in [5.74, 6) is 1.41. The Morgan fingerprint density at radius 2 is 0.637 bits per heavy atom. The minimum Gasteiger partial charge on any atom is -0.309 e. The van der Waals surface area contributed by atoms with Crippen LogP contribution >= 0.6 is 22.7 Å². The second kappa shape index (κ2) is 25.5. The number of rotatable bonds is 8. The van der Waals surface area contributed by atoms with E-state index in [0.717, 1.165) is 83.8 Å². The number of fused-ring (bicyclic) bond motifs is 25. The molecule has 528 valence electrons. The van der Waals surface area contributed by atoms with Gasteiger partial charge < -0.3 is 9.13 Å². The molecule has 0 atom stereocenters. The summed E-state index contributed by atoms with van der Waals surface area (Å²) in [6.45, 7) is 4.67. The number of hydrogen-bond acceptors (Lipinski definition) is 6. The van der Waals surface area contributed by atoms with Crippen molar-refractivity contribution in [2.75, 3.05) is 0 Å². The molecular weight excluding hydrogens is 1410 g/mol. The van der Waals surface area contributed by atoms with Crippen LogP contribution in [0.3, 0.4) is 0 Å². The van der Waals surface area contributed by atoms with Gasteiger partial charge in [0.25, 0.3) is 0 Å². The van der Waals surface area contributed by atoms with Gasteiger partial charge in [-0.1, -0.05) is 293 Å². The van der Waals surface area contributed by atoms with Crippen molar-refractivity contribution in [2.24, 2.45) is 0 Å². The van der Waals surface area contributed by atoms with Crippen LogP contribution in [0.2, 0.25) is 0 Å². The molecule has 0 saturated carbocycles. The third-order valence-electron chi connectivity index (χ3n) is 23.5. The van der Waals surface area contributed by atoms with Crippen LogP contribution in [0.5, 0.6) is 0 Å². The van der Waals surface area contributed by atoms with Crippen molar-refractivity contribution >= 4 is 150 Å². The van der Waals surface area contributed by atoms with Crippen LogP contribution in [0.15, 0.2) is 364 Å². The van der Waals surface area contributed by atoms with Gasteiger partial charge in [0, 0.05) is 122 Å². The van der Waals surface area contributed by atoms with Crippen molar-refractivity contribution < 1.29 is 0 Å². The van der Waals surface area contributed by atoms with Gasteiger partial charge in [0.15, 0.2) is 11.6 Å². The Balaban J connectivity index is 0.000000135. The molecule has 1 aliphatic carbocycles. The number of hydrogen-bond donors (Lipinski definition) is 0. The van der Waals surface area contributed by atoms with Gasteiger partial charge in [-0.05, 0) is 140 Å². The van der Waals surface area contributed by atoms with Crippen molar-refractivity contribution in [1.82, 2.24) is 29.1 Å². The van der Waals surface area contributed by atoms with E-state index in [1.807, 2.05) is 22.7 Å². The molecule has 0 bridgehead atoms. The van der Waals surface area contributed by atoms with E-state index in [4.69, 9.17) is 19.9 Å². The van der Waals surface area contributed by atoms with E-state index >= 15 is 0 Å². The highest BCUT2D eigenvalue weighted by Gasteiger charge is 2.36. The fraction of sp³-hybridized carbons (Fsp3) is 0.0286. The lowest BCUT2D eigenvalue weighted by Crippen LogP contribution is -2.15. The zero-order chi connectivity index (χ0) is 74.6. The molecule has 113 heavy (non-hydrogen) atoms. The van der Waals surface area contributed by atoms with Crippen LogP contribution in [0, 0.1) is 0 Å². The lowest BCUT2D eigenvalue weighted by molar-refractivity contribution is 0.660. The van der Waals surface area contributed by atoms with Gasteiger partial charge in [0.2, 0.25) is 0 Å². The Morgan fingerprint density at radius 3 is 1.15 bits per heavy atom. The Kier molecular flexibility index (Phi) is 14.7. The molecule has 6 heterocycles. The molecule has 1 aliphatic rings. The average Bonchev–Trinajstić information content (AvgIpc) is 1.56. The Morgan fingerprint density at radius 1 is 0.248 bits per heavy atom. The molecule has 0 unspecified atom stereocenters. The Bertz CT molecular complexity index is 7860. The van der Waals surface area contributed by atoms with Crippen LogP contribution < -0.4 is 0 Å². The summed E-state index contributed by atoms with van der Waals surface area (Å²) >= 11 is 3.80. The number of thiophene rings is 2. The largest absolute Gasteiger partial charge is 0.309 e. The first-order valence-corrected chi connectivity index (χ1v) is 40.2. The smallest absolute Gasteiger partial charge is 0.160 e. The number of nitrogens with zero attached hydrogens (tertiary/aromatic N) is 6. The maximum Gasteiger partial charge on any atom is 0.160 e. The second-order valence-corrected chi connectivity index (χ2v) is 32.3. The number of aromatic nitrogens is 6. The zero-order valence-electron chi connectivity index (χ0n) is 61.6. The fourth-order valence-corrected chi connectivity index (χ4v) is 21.0. The monoisotopic (exact) mass is 1470 g/mol. The molecule has 0 radical (unpaired) electrons. The molecular formula is C105H66N6S2. The van der Waals surface area contributed by atoms with Crippen LogP contribution in [0.25, 0.3) is 217 Å². The minimum absolute atomic E-state index is 0.101. The van der Waals surface area contributed by atoms with E-state index in [1.165, 1.54) is 139 Å². The van der Waals surface area contributed by atoms with Gasteiger partial charge in [0.05, 0.1) is 44.5 Å². The molecule has 23 aromatic rings. The molecule has 6 aromatic heterocycles. The van der Waals surface area contributed by atoms with Gasteiger partial charge in [-0.15, -0.1) is 22.7 Å². The van der Waals surface area contributed by atoms with Gasteiger partial charge in [-0.3, -0.25) is 0 Å². The summed E-state index contributed by atoms with van der Waals surface area (Å²) in [5.41, 5.74) is 24.7. The molecule has 24 rings (SSSR count). The number of benzene rings is 17.